The van der Waals surface area contributed by atoms with E-state index in [0.29, 0.717) is 0 Å². The van der Waals surface area contributed by atoms with Gasteiger partial charge in [0.2, 0.25) is 5.60 Å². The molecule has 96 valence electrons. The van der Waals surface area contributed by atoms with Crippen molar-refractivity contribution in [1.82, 2.24) is 0 Å². The van der Waals surface area contributed by atoms with Crippen molar-refractivity contribution in [3.8, 4) is 6.07 Å². The van der Waals surface area contributed by atoms with Gasteiger partial charge in [0.25, 0.3) is 0 Å². The van der Waals surface area contributed by atoms with Crippen LogP contribution in [0.5, 0.6) is 0 Å². The summed E-state index contributed by atoms with van der Waals surface area (Å²) in [7, 11) is 1.49. The first kappa shape index (κ1) is 12.7. The van der Waals surface area contributed by atoms with Crippen LogP contribution < -0.4 is 0 Å². The van der Waals surface area contributed by atoms with E-state index in [1.165, 1.54) is 7.11 Å². The van der Waals surface area contributed by atoms with E-state index in [1.54, 1.807) is 20.8 Å². The largest absolute Gasteiger partial charge is 0.371 e. The van der Waals surface area contributed by atoms with E-state index in [4.69, 9.17) is 24.2 Å². The van der Waals surface area contributed by atoms with E-state index in [2.05, 4.69) is 0 Å². The van der Waals surface area contributed by atoms with Gasteiger partial charge in [-0.05, 0) is 20.8 Å². The normalized spacial score (nSPS) is 48.5. The zero-order valence-electron chi connectivity index (χ0n) is 10.3. The standard InChI is InChI=1S/C11H17NO5/c1-6-11(13,5-12)8-7(9(14-4)15-6)16-10(2,3)17-8/h6-9,13H,1-4H3/t6-,7-,8+,9-,11-/m1/s1. The molecule has 2 rings (SSSR count). The Morgan fingerprint density at radius 2 is 2.00 bits per heavy atom. The molecular formula is C11H17NO5. The van der Waals surface area contributed by atoms with Crippen LogP contribution in [0.3, 0.4) is 0 Å². The number of nitriles is 1. The van der Waals surface area contributed by atoms with Gasteiger partial charge in [-0.25, -0.2) is 0 Å². The van der Waals surface area contributed by atoms with Crippen molar-refractivity contribution in [2.75, 3.05) is 7.11 Å². The van der Waals surface area contributed by atoms with Gasteiger partial charge in [0.1, 0.15) is 24.4 Å². The Kier molecular flexibility index (Phi) is 2.92. The predicted molar refractivity (Wildman–Crippen MR) is 55.7 cm³/mol. The summed E-state index contributed by atoms with van der Waals surface area (Å²) in [5.41, 5.74) is -1.73. The van der Waals surface area contributed by atoms with Crippen LogP contribution in [0.25, 0.3) is 0 Å². The van der Waals surface area contributed by atoms with Gasteiger partial charge in [-0.1, -0.05) is 0 Å². The zero-order valence-corrected chi connectivity index (χ0v) is 10.3. The Morgan fingerprint density at radius 1 is 1.35 bits per heavy atom. The van der Waals surface area contributed by atoms with E-state index >= 15 is 0 Å². The number of ether oxygens (including phenoxy) is 4. The summed E-state index contributed by atoms with van der Waals surface area (Å²) in [6.45, 7) is 5.06. The summed E-state index contributed by atoms with van der Waals surface area (Å²) < 4.78 is 21.8. The first-order valence-corrected chi connectivity index (χ1v) is 5.51. The number of hydrogen-bond acceptors (Lipinski definition) is 6. The fraction of sp³-hybridized carbons (Fsp3) is 0.909. The van der Waals surface area contributed by atoms with Crippen LogP contribution in [0.15, 0.2) is 0 Å². The third-order valence-electron chi connectivity index (χ3n) is 3.20. The van der Waals surface area contributed by atoms with Gasteiger partial charge in [0.15, 0.2) is 12.1 Å². The molecule has 0 aliphatic carbocycles. The second-order valence-corrected chi connectivity index (χ2v) is 4.84. The third-order valence-corrected chi connectivity index (χ3v) is 3.20. The number of methoxy groups -OCH3 is 1. The summed E-state index contributed by atoms with van der Waals surface area (Å²) in [6, 6.07) is 1.85. The van der Waals surface area contributed by atoms with Gasteiger partial charge in [-0.3, -0.25) is 0 Å². The molecule has 2 aliphatic heterocycles. The zero-order chi connectivity index (χ0) is 12.8. The molecule has 2 saturated heterocycles. The molecule has 0 bridgehead atoms. The van der Waals surface area contributed by atoms with Crippen molar-refractivity contribution in [3.63, 3.8) is 0 Å². The molecule has 0 unspecified atom stereocenters. The highest BCUT2D eigenvalue weighted by Gasteiger charge is 2.62. The van der Waals surface area contributed by atoms with Crippen LogP contribution in [0.2, 0.25) is 0 Å². The molecule has 2 fully saturated rings. The fourth-order valence-electron chi connectivity index (χ4n) is 2.29. The van der Waals surface area contributed by atoms with E-state index < -0.39 is 36.0 Å². The van der Waals surface area contributed by atoms with Gasteiger partial charge in [-0.2, -0.15) is 5.26 Å². The highest BCUT2D eigenvalue weighted by molar-refractivity contribution is 5.16. The van der Waals surface area contributed by atoms with Crippen molar-refractivity contribution < 1.29 is 24.1 Å². The molecule has 0 spiro atoms. The SMILES string of the molecule is CO[C@@H]1O[C@H](C)[C@](O)(C#N)[C@H]2OC(C)(C)O[C@@H]12. The van der Waals surface area contributed by atoms with Gasteiger partial charge in [0.05, 0.1) is 0 Å². The molecule has 5 atom stereocenters. The van der Waals surface area contributed by atoms with Crippen LogP contribution in [0.1, 0.15) is 20.8 Å². The van der Waals surface area contributed by atoms with Crippen molar-refractivity contribution in [2.24, 2.45) is 0 Å². The second-order valence-electron chi connectivity index (χ2n) is 4.84. The number of nitrogens with zero attached hydrogens (tertiary/aromatic N) is 1. The average Bonchev–Trinajstić information content (AvgIpc) is 2.60. The summed E-state index contributed by atoms with van der Waals surface area (Å²) in [5.74, 6) is -0.871. The molecular weight excluding hydrogens is 226 g/mol. The highest BCUT2D eigenvalue weighted by Crippen LogP contribution is 2.42. The molecule has 0 saturated carbocycles. The monoisotopic (exact) mass is 243 g/mol. The lowest BCUT2D eigenvalue weighted by atomic mass is 9.86. The van der Waals surface area contributed by atoms with Crippen molar-refractivity contribution >= 4 is 0 Å². The van der Waals surface area contributed by atoms with E-state index in [9.17, 15) is 5.11 Å². The molecule has 2 aliphatic rings. The van der Waals surface area contributed by atoms with Gasteiger partial charge >= 0.3 is 0 Å². The highest BCUT2D eigenvalue weighted by atomic mass is 16.8. The fourth-order valence-corrected chi connectivity index (χ4v) is 2.29. The molecule has 2 heterocycles. The Labute approximate surface area is 100 Å². The maximum Gasteiger partial charge on any atom is 0.206 e. The number of hydrogen-bond donors (Lipinski definition) is 1. The number of rotatable bonds is 1. The smallest absolute Gasteiger partial charge is 0.206 e. The molecule has 0 amide bonds. The van der Waals surface area contributed by atoms with Crippen LogP contribution in [0, 0.1) is 11.3 Å². The Bertz CT molecular complexity index is 352. The van der Waals surface area contributed by atoms with Crippen molar-refractivity contribution in [2.45, 2.75) is 56.8 Å². The summed E-state index contributed by atoms with van der Waals surface area (Å²) in [5, 5.41) is 19.5. The summed E-state index contributed by atoms with van der Waals surface area (Å²) in [4.78, 5) is 0. The van der Waals surface area contributed by atoms with E-state index in [1.807, 2.05) is 6.07 Å². The van der Waals surface area contributed by atoms with E-state index in [-0.39, 0.29) is 0 Å². The lowest BCUT2D eigenvalue weighted by Gasteiger charge is -2.42. The van der Waals surface area contributed by atoms with Crippen LogP contribution in [0.4, 0.5) is 0 Å². The quantitative estimate of drug-likeness (QED) is 0.660. The maximum atomic E-state index is 10.3. The molecule has 0 aromatic carbocycles. The average molecular weight is 243 g/mol. The molecule has 17 heavy (non-hydrogen) atoms. The third kappa shape index (κ3) is 1.84. The molecule has 0 aromatic rings. The topological polar surface area (TPSA) is 80.9 Å². The van der Waals surface area contributed by atoms with Crippen LogP contribution in [-0.4, -0.2) is 48.2 Å². The first-order chi connectivity index (χ1) is 7.84. The van der Waals surface area contributed by atoms with Gasteiger partial charge in [-0.15, -0.1) is 0 Å². The molecule has 0 aromatic heterocycles. The van der Waals surface area contributed by atoms with Crippen LogP contribution in [-0.2, 0) is 18.9 Å². The van der Waals surface area contributed by atoms with Crippen molar-refractivity contribution in [3.05, 3.63) is 0 Å². The van der Waals surface area contributed by atoms with Crippen molar-refractivity contribution in [1.29, 1.82) is 5.26 Å². The Balaban J connectivity index is 2.35. The number of aliphatic hydroxyl groups is 1. The predicted octanol–water partition coefficient (Wildman–Crippen LogP) is 0.152. The maximum absolute atomic E-state index is 10.3. The number of fused-ring (bicyclic) bond motifs is 1. The van der Waals surface area contributed by atoms with Crippen LogP contribution >= 0.6 is 0 Å². The van der Waals surface area contributed by atoms with Gasteiger partial charge in [0, 0.05) is 7.11 Å². The molecule has 0 radical (unpaired) electrons. The summed E-state index contributed by atoms with van der Waals surface area (Å²) >= 11 is 0. The Morgan fingerprint density at radius 3 is 2.53 bits per heavy atom. The minimum absolute atomic E-state index is 0.615. The molecule has 1 N–H and O–H groups in total. The van der Waals surface area contributed by atoms with E-state index in [0.717, 1.165) is 0 Å². The lowest BCUT2D eigenvalue weighted by Crippen LogP contribution is -2.63. The minimum atomic E-state index is -1.73. The lowest BCUT2D eigenvalue weighted by molar-refractivity contribution is -0.279. The van der Waals surface area contributed by atoms with Gasteiger partial charge < -0.3 is 24.1 Å². The minimum Gasteiger partial charge on any atom is -0.371 e. The molecule has 6 heteroatoms. The summed E-state index contributed by atoms with van der Waals surface area (Å²) in [6.07, 6.45) is -2.76. The first-order valence-electron chi connectivity index (χ1n) is 5.51. The molecule has 6 nitrogen and oxygen atoms in total. The second kappa shape index (κ2) is 3.90. The Hall–Kier alpha value is -0.710.